The van der Waals surface area contributed by atoms with Crippen molar-refractivity contribution in [1.82, 2.24) is 4.90 Å². The van der Waals surface area contributed by atoms with Crippen LogP contribution in [0.2, 0.25) is 0 Å². The number of piperidine rings is 1. The SMILES string of the molecule is CC(C)C[C@H](O)C1CCN(Cc2ccc(O)c(C(=O)O)c2)CC1. The number of rotatable bonds is 6. The van der Waals surface area contributed by atoms with Crippen LogP contribution in [0.25, 0.3) is 0 Å². The number of carboxylic acid groups (broad SMARTS) is 1. The predicted octanol–water partition coefficient (Wildman–Crippen LogP) is 2.71. The molecule has 0 unspecified atom stereocenters. The van der Waals surface area contributed by atoms with Gasteiger partial charge in [0.1, 0.15) is 11.3 Å². The molecule has 0 aliphatic carbocycles. The lowest BCUT2D eigenvalue weighted by molar-refractivity contribution is 0.0436. The summed E-state index contributed by atoms with van der Waals surface area (Å²) in [4.78, 5) is 13.3. The summed E-state index contributed by atoms with van der Waals surface area (Å²) >= 11 is 0. The van der Waals surface area contributed by atoms with E-state index in [2.05, 4.69) is 18.7 Å². The molecule has 0 spiro atoms. The third kappa shape index (κ3) is 4.94. The third-order valence-corrected chi connectivity index (χ3v) is 4.59. The highest BCUT2D eigenvalue weighted by Gasteiger charge is 2.25. The van der Waals surface area contributed by atoms with E-state index in [1.807, 2.05) is 0 Å². The van der Waals surface area contributed by atoms with Crippen LogP contribution in [0.1, 0.15) is 49.0 Å². The molecular weight excluding hydrogens is 294 g/mol. The monoisotopic (exact) mass is 321 g/mol. The normalized spacial score (nSPS) is 18.3. The van der Waals surface area contributed by atoms with Crippen LogP contribution in [0, 0.1) is 11.8 Å². The summed E-state index contributed by atoms with van der Waals surface area (Å²) in [5.74, 6) is -0.436. The van der Waals surface area contributed by atoms with Crippen LogP contribution < -0.4 is 0 Å². The van der Waals surface area contributed by atoms with Crippen molar-refractivity contribution in [2.75, 3.05) is 13.1 Å². The highest BCUT2D eigenvalue weighted by Crippen LogP contribution is 2.26. The number of benzene rings is 1. The van der Waals surface area contributed by atoms with Gasteiger partial charge in [-0.15, -0.1) is 0 Å². The van der Waals surface area contributed by atoms with Crippen LogP contribution in [0.5, 0.6) is 5.75 Å². The minimum absolute atomic E-state index is 0.0512. The summed E-state index contributed by atoms with van der Waals surface area (Å²) < 4.78 is 0. The number of phenols is 1. The van der Waals surface area contributed by atoms with Crippen molar-refractivity contribution in [3.8, 4) is 5.75 Å². The van der Waals surface area contributed by atoms with Crippen LogP contribution in [0.4, 0.5) is 0 Å². The zero-order chi connectivity index (χ0) is 17.0. The van der Waals surface area contributed by atoms with Crippen LogP contribution in [-0.4, -0.2) is 45.4 Å². The molecule has 5 heteroatoms. The molecule has 1 atom stereocenters. The van der Waals surface area contributed by atoms with Gasteiger partial charge in [-0.3, -0.25) is 4.90 Å². The molecule has 1 aromatic carbocycles. The molecule has 1 fully saturated rings. The maximum absolute atomic E-state index is 11.1. The Morgan fingerprint density at radius 2 is 1.96 bits per heavy atom. The van der Waals surface area contributed by atoms with Gasteiger partial charge >= 0.3 is 5.97 Å². The number of aliphatic hydroxyl groups excluding tert-OH is 1. The van der Waals surface area contributed by atoms with E-state index >= 15 is 0 Å². The number of nitrogens with zero attached hydrogens (tertiary/aromatic N) is 1. The first-order valence-corrected chi connectivity index (χ1v) is 8.32. The van der Waals surface area contributed by atoms with Gasteiger partial charge in [-0.25, -0.2) is 4.79 Å². The van der Waals surface area contributed by atoms with Gasteiger partial charge in [-0.1, -0.05) is 19.9 Å². The molecule has 1 heterocycles. The van der Waals surface area contributed by atoms with Crippen LogP contribution in [-0.2, 0) is 6.54 Å². The minimum atomic E-state index is -1.11. The lowest BCUT2D eigenvalue weighted by Gasteiger charge is -2.34. The molecule has 1 aliphatic heterocycles. The van der Waals surface area contributed by atoms with Crippen molar-refractivity contribution < 1.29 is 20.1 Å². The Kier molecular flexibility index (Phi) is 6.02. The van der Waals surface area contributed by atoms with E-state index in [0.29, 0.717) is 18.4 Å². The van der Waals surface area contributed by atoms with E-state index in [9.17, 15) is 15.0 Å². The molecule has 0 amide bonds. The fraction of sp³-hybridized carbons (Fsp3) is 0.611. The van der Waals surface area contributed by atoms with Crippen LogP contribution in [0.3, 0.4) is 0 Å². The van der Waals surface area contributed by atoms with E-state index in [0.717, 1.165) is 37.9 Å². The van der Waals surface area contributed by atoms with Crippen molar-refractivity contribution in [2.24, 2.45) is 11.8 Å². The van der Waals surface area contributed by atoms with Crippen LogP contribution in [0.15, 0.2) is 18.2 Å². The van der Waals surface area contributed by atoms with E-state index in [4.69, 9.17) is 5.11 Å². The average Bonchev–Trinajstić information content (AvgIpc) is 2.49. The molecule has 3 N–H and O–H groups in total. The molecule has 1 aromatic rings. The highest BCUT2D eigenvalue weighted by molar-refractivity contribution is 5.90. The Morgan fingerprint density at radius 3 is 2.52 bits per heavy atom. The van der Waals surface area contributed by atoms with Crippen molar-refractivity contribution in [3.05, 3.63) is 29.3 Å². The first kappa shape index (κ1) is 17.8. The Labute approximate surface area is 137 Å². The largest absolute Gasteiger partial charge is 0.507 e. The predicted molar refractivity (Wildman–Crippen MR) is 88.5 cm³/mol. The molecule has 1 aliphatic rings. The van der Waals surface area contributed by atoms with Crippen LogP contribution >= 0.6 is 0 Å². The second-order valence-corrected chi connectivity index (χ2v) is 6.97. The van der Waals surface area contributed by atoms with Gasteiger partial charge < -0.3 is 15.3 Å². The van der Waals surface area contributed by atoms with Gasteiger partial charge in [0.15, 0.2) is 0 Å². The molecule has 2 rings (SSSR count). The number of aromatic carboxylic acids is 1. The molecule has 0 saturated carbocycles. The van der Waals surface area contributed by atoms with Gasteiger partial charge in [0.05, 0.1) is 6.10 Å². The number of aliphatic hydroxyl groups is 1. The molecule has 0 aromatic heterocycles. The Balaban J connectivity index is 1.89. The summed E-state index contributed by atoms with van der Waals surface area (Å²) in [7, 11) is 0. The third-order valence-electron chi connectivity index (χ3n) is 4.59. The topological polar surface area (TPSA) is 81.0 Å². The molecule has 1 saturated heterocycles. The molecule has 23 heavy (non-hydrogen) atoms. The van der Waals surface area contributed by atoms with E-state index in [-0.39, 0.29) is 17.4 Å². The summed E-state index contributed by atoms with van der Waals surface area (Å²) in [6.45, 7) is 6.74. The highest BCUT2D eigenvalue weighted by atomic mass is 16.4. The summed E-state index contributed by atoms with van der Waals surface area (Å²) in [6.07, 6.45) is 2.57. The van der Waals surface area contributed by atoms with Gasteiger partial charge in [-0.05, 0) is 61.9 Å². The second-order valence-electron chi connectivity index (χ2n) is 6.97. The maximum atomic E-state index is 11.1. The molecule has 5 nitrogen and oxygen atoms in total. The first-order chi connectivity index (χ1) is 10.9. The molecular formula is C18H27NO4. The standard InChI is InChI=1S/C18H27NO4/c1-12(2)9-17(21)14-5-7-19(8-6-14)11-13-3-4-16(20)15(10-13)18(22)23/h3-4,10,12,14,17,20-21H,5-9,11H2,1-2H3,(H,22,23)/t17-/m0/s1. The van der Waals surface area contributed by atoms with Crippen molar-refractivity contribution >= 4 is 5.97 Å². The van der Waals surface area contributed by atoms with Gasteiger partial charge in [0, 0.05) is 6.54 Å². The number of hydrogen-bond donors (Lipinski definition) is 3. The number of hydrogen-bond acceptors (Lipinski definition) is 4. The number of likely N-dealkylation sites (tertiary alicyclic amines) is 1. The van der Waals surface area contributed by atoms with Gasteiger partial charge in [0.2, 0.25) is 0 Å². The number of aromatic hydroxyl groups is 1. The number of carbonyl (C=O) groups is 1. The Bertz CT molecular complexity index is 536. The Hall–Kier alpha value is -1.59. The zero-order valence-corrected chi connectivity index (χ0v) is 13.9. The van der Waals surface area contributed by atoms with E-state index in [1.54, 1.807) is 6.07 Å². The lowest BCUT2D eigenvalue weighted by atomic mass is 9.87. The molecule has 0 radical (unpaired) electrons. The summed E-state index contributed by atoms with van der Waals surface area (Å²) in [5.41, 5.74) is 0.839. The summed E-state index contributed by atoms with van der Waals surface area (Å²) in [6, 6.07) is 4.75. The van der Waals surface area contributed by atoms with Gasteiger partial charge in [-0.2, -0.15) is 0 Å². The molecule has 128 valence electrons. The van der Waals surface area contributed by atoms with E-state index < -0.39 is 5.97 Å². The number of carboxylic acids is 1. The first-order valence-electron chi connectivity index (χ1n) is 8.32. The second kappa shape index (κ2) is 7.79. The zero-order valence-electron chi connectivity index (χ0n) is 13.9. The van der Waals surface area contributed by atoms with Gasteiger partial charge in [0.25, 0.3) is 0 Å². The fourth-order valence-electron chi connectivity index (χ4n) is 3.28. The van der Waals surface area contributed by atoms with Crippen molar-refractivity contribution in [1.29, 1.82) is 0 Å². The van der Waals surface area contributed by atoms with Crippen molar-refractivity contribution in [3.63, 3.8) is 0 Å². The maximum Gasteiger partial charge on any atom is 0.339 e. The minimum Gasteiger partial charge on any atom is -0.507 e. The van der Waals surface area contributed by atoms with Crippen molar-refractivity contribution in [2.45, 2.75) is 45.8 Å². The quantitative estimate of drug-likeness (QED) is 0.750. The fourth-order valence-corrected chi connectivity index (χ4v) is 3.28. The van der Waals surface area contributed by atoms with E-state index in [1.165, 1.54) is 12.1 Å². The summed E-state index contributed by atoms with van der Waals surface area (Å²) in [5, 5.41) is 28.9. The average molecular weight is 321 g/mol. The Morgan fingerprint density at radius 1 is 1.30 bits per heavy atom. The molecule has 0 bridgehead atoms. The smallest absolute Gasteiger partial charge is 0.339 e. The lowest BCUT2D eigenvalue weighted by Crippen LogP contribution is -2.37.